The Hall–Kier alpha value is -3.78. The van der Waals surface area contributed by atoms with Crippen molar-refractivity contribution in [2.24, 2.45) is 11.8 Å². The number of benzene rings is 6. The third kappa shape index (κ3) is 13.3. The molecule has 2 aliphatic rings. The minimum absolute atomic E-state index is 0.826. The Balaban J connectivity index is 0.000000181. The van der Waals surface area contributed by atoms with Crippen LogP contribution < -0.4 is 0 Å². The first-order valence-corrected chi connectivity index (χ1v) is 33.4. The van der Waals surface area contributed by atoms with Gasteiger partial charge in [0, 0.05) is 9.52 Å². The summed E-state index contributed by atoms with van der Waals surface area (Å²) in [5.74, 6) is 1.73. The molecule has 0 heterocycles. The van der Waals surface area contributed by atoms with Crippen molar-refractivity contribution in [2.45, 2.75) is 133 Å². The molecule has 0 aromatic heterocycles. The molecule has 0 spiro atoms. The van der Waals surface area contributed by atoms with Gasteiger partial charge >= 0.3 is 37.9 Å². The minimum atomic E-state index is -0.826. The van der Waals surface area contributed by atoms with Gasteiger partial charge in [0.2, 0.25) is 0 Å². The monoisotopic (exact) mass is 1030 g/mol. The first-order valence-electron chi connectivity index (χ1n) is 25.1. The van der Waals surface area contributed by atoms with Crippen LogP contribution in [0, 0.1) is 67.2 Å². The van der Waals surface area contributed by atoms with E-state index in [4.69, 9.17) is 17.0 Å². The molecule has 2 saturated carbocycles. The van der Waals surface area contributed by atoms with E-state index < -0.39 is 20.8 Å². The molecule has 0 amide bonds. The molecule has 0 saturated heterocycles. The van der Waals surface area contributed by atoms with E-state index in [0.717, 1.165) is 21.4 Å². The van der Waals surface area contributed by atoms with Crippen LogP contribution in [0.2, 0.25) is 13.1 Å². The molecular formula is C64H72Cl2SiZr. The van der Waals surface area contributed by atoms with E-state index in [9.17, 15) is 0 Å². The quantitative estimate of drug-likeness (QED) is 0.105. The molecule has 8 aromatic carbocycles. The van der Waals surface area contributed by atoms with Crippen LogP contribution in [0.4, 0.5) is 0 Å². The van der Waals surface area contributed by atoms with E-state index in [1.807, 2.05) is 0 Å². The maximum atomic E-state index is 4.93. The average molecular weight is 1030 g/mol. The number of hydrogen-bond acceptors (Lipinski definition) is 0. The number of fused-ring (bicyclic) bond motifs is 2. The third-order valence-electron chi connectivity index (χ3n) is 14.0. The Morgan fingerprint density at radius 2 is 0.647 bits per heavy atom. The van der Waals surface area contributed by atoms with Crippen molar-refractivity contribution in [1.29, 1.82) is 0 Å². The summed E-state index contributed by atoms with van der Waals surface area (Å²) in [7, 11) is 11.0. The van der Waals surface area contributed by atoms with Crippen molar-refractivity contribution in [2.75, 3.05) is 0 Å². The van der Waals surface area contributed by atoms with Crippen molar-refractivity contribution in [3.63, 3.8) is 0 Å². The number of aryl methyl sites for hydroxylation is 8. The van der Waals surface area contributed by atoms with Crippen LogP contribution in [0.25, 0.3) is 66.1 Å². The fourth-order valence-electron chi connectivity index (χ4n) is 11.6. The molecule has 350 valence electrons. The SMILES string of the molecule is C[Si]C.Cc1cc(C)cc(-c2ccc(-c3cc(C)cc(C)c3)c3[cH-]c(CC4CCCC4)cc23)c1.Cc1cc(C)cc(-c2ccc(-c3cc(C)cc(C)c3)c3[cH-]c(CC4CCCC4)cc23)c1.[Cl][Zr+2][Cl]. The zero-order valence-electron chi connectivity index (χ0n) is 42.5. The molecule has 0 atom stereocenters. The van der Waals surface area contributed by atoms with Gasteiger partial charge in [-0.25, -0.2) is 0 Å². The molecule has 0 aliphatic heterocycles. The molecule has 2 fully saturated rings. The van der Waals surface area contributed by atoms with Crippen LogP contribution in [-0.4, -0.2) is 9.52 Å². The van der Waals surface area contributed by atoms with E-state index >= 15 is 0 Å². The van der Waals surface area contributed by atoms with E-state index in [2.05, 4.69) is 190 Å². The van der Waals surface area contributed by atoms with Crippen LogP contribution in [0.3, 0.4) is 0 Å². The summed E-state index contributed by atoms with van der Waals surface area (Å²) in [4.78, 5) is 0. The Labute approximate surface area is 431 Å². The maximum absolute atomic E-state index is 4.93. The molecule has 0 nitrogen and oxygen atoms in total. The summed E-state index contributed by atoms with van der Waals surface area (Å²) >= 11 is -0.826. The van der Waals surface area contributed by atoms with E-state index in [1.54, 1.807) is 0 Å². The van der Waals surface area contributed by atoms with Gasteiger partial charge in [0.15, 0.2) is 0 Å². The molecule has 2 radical (unpaired) electrons. The van der Waals surface area contributed by atoms with Crippen LogP contribution >= 0.6 is 17.0 Å². The Bertz CT molecular complexity index is 2490. The number of halogens is 2. The van der Waals surface area contributed by atoms with E-state index in [0.29, 0.717) is 0 Å². The average Bonchev–Trinajstić information content (AvgIpc) is 4.12. The second kappa shape index (κ2) is 24.4. The fraction of sp³-hybridized carbons (Fsp3) is 0.344. The standard InChI is InChI=1S/2C31H33.C2H6Si.2ClH.Zr/c2*1-20-11-21(2)14-26(13-20)28-9-10-29(27-15-22(3)12-23(4)16-27)31-19-25(18-30(28)31)17-24-7-5-6-8-24;1-3-2;;;/h2*9-16,18-19,24H,5-8,17H2,1-4H3;1-2H3;2*1H;/q2*-1;;;;+4/p-2. The van der Waals surface area contributed by atoms with E-state index in [-0.39, 0.29) is 0 Å². The van der Waals surface area contributed by atoms with E-state index in [1.165, 1.54) is 186 Å². The molecule has 4 heteroatoms. The predicted molar refractivity (Wildman–Crippen MR) is 299 cm³/mol. The molecular weight excluding hydrogens is 959 g/mol. The van der Waals surface area contributed by atoms with Gasteiger partial charge in [-0.05, 0) is 91.2 Å². The zero-order chi connectivity index (χ0) is 48.5. The molecule has 10 rings (SSSR count). The van der Waals surface area contributed by atoms with Gasteiger partial charge in [0.05, 0.1) is 0 Å². The van der Waals surface area contributed by atoms with Crippen molar-refractivity contribution in [3.8, 4) is 44.5 Å². The second-order valence-corrected chi connectivity index (χ2v) is 25.2. The summed E-state index contributed by atoms with van der Waals surface area (Å²) in [6.07, 6.45) is 13.7. The molecule has 68 heavy (non-hydrogen) atoms. The number of hydrogen-bond donors (Lipinski definition) is 0. The molecule has 0 unspecified atom stereocenters. The van der Waals surface area contributed by atoms with Crippen LogP contribution in [0.5, 0.6) is 0 Å². The van der Waals surface area contributed by atoms with Gasteiger partial charge in [-0.3, -0.25) is 0 Å². The summed E-state index contributed by atoms with van der Waals surface area (Å²) in [5, 5.41) is 5.65. The number of rotatable bonds is 8. The zero-order valence-corrected chi connectivity index (χ0v) is 47.5. The topological polar surface area (TPSA) is 0 Å². The summed E-state index contributed by atoms with van der Waals surface area (Å²) in [6.45, 7) is 21.9. The normalized spacial score (nSPS) is 13.7. The van der Waals surface area contributed by atoms with Crippen LogP contribution in [0.15, 0.2) is 121 Å². The van der Waals surface area contributed by atoms with Crippen molar-refractivity contribution < 1.29 is 20.8 Å². The molecule has 8 aromatic rings. The van der Waals surface area contributed by atoms with Crippen LogP contribution in [0.1, 0.15) is 107 Å². The molecule has 2 aliphatic carbocycles. The van der Waals surface area contributed by atoms with Crippen molar-refractivity contribution >= 4 is 48.1 Å². The first kappa shape index (κ1) is 52.1. The summed E-state index contributed by atoms with van der Waals surface area (Å²) in [5.41, 5.74) is 24.5. The van der Waals surface area contributed by atoms with Gasteiger partial charge in [-0.1, -0.05) is 239 Å². The van der Waals surface area contributed by atoms with Gasteiger partial charge in [0.25, 0.3) is 0 Å². The molecule has 0 bridgehead atoms. The fourth-order valence-corrected chi connectivity index (χ4v) is 11.6. The molecule has 0 N–H and O–H groups in total. The third-order valence-corrected chi connectivity index (χ3v) is 14.0. The van der Waals surface area contributed by atoms with Gasteiger partial charge in [-0.15, -0.1) is 44.8 Å². The Morgan fingerprint density at radius 1 is 0.412 bits per heavy atom. The van der Waals surface area contributed by atoms with Crippen molar-refractivity contribution in [1.82, 2.24) is 0 Å². The second-order valence-electron chi connectivity index (χ2n) is 20.5. The summed E-state index contributed by atoms with van der Waals surface area (Å²) in [6, 6.07) is 47.1. The Kier molecular flexibility index (Phi) is 18.7. The van der Waals surface area contributed by atoms with Crippen molar-refractivity contribution in [3.05, 3.63) is 177 Å². The van der Waals surface area contributed by atoms with Gasteiger partial charge in [0.1, 0.15) is 0 Å². The first-order chi connectivity index (χ1) is 32.7. The summed E-state index contributed by atoms with van der Waals surface area (Å²) < 4.78 is 0. The Morgan fingerprint density at radius 3 is 0.912 bits per heavy atom. The van der Waals surface area contributed by atoms with Crippen LogP contribution in [-0.2, 0) is 33.7 Å². The van der Waals surface area contributed by atoms with Gasteiger partial charge < -0.3 is 0 Å². The van der Waals surface area contributed by atoms with Gasteiger partial charge in [-0.2, -0.15) is 12.1 Å². The predicted octanol–water partition coefficient (Wildman–Crippen LogP) is 19.9.